The second-order valence-electron chi connectivity index (χ2n) is 6.94. The zero-order valence-electron chi connectivity index (χ0n) is 16.0. The molecule has 0 fully saturated rings. The molecule has 144 valence electrons. The topological polar surface area (TPSA) is 60.2 Å². The van der Waals surface area contributed by atoms with Gasteiger partial charge in [-0.2, -0.15) is 0 Å². The fraction of sp³-hybridized carbons (Fsp3) is 0.409. The summed E-state index contributed by atoms with van der Waals surface area (Å²) in [5.41, 5.74) is 1.83. The first-order chi connectivity index (χ1) is 13.0. The van der Waals surface area contributed by atoms with Crippen LogP contribution in [-0.2, 0) is 11.2 Å². The van der Waals surface area contributed by atoms with Crippen LogP contribution in [0, 0.1) is 15.5 Å². The first kappa shape index (κ1) is 21.2. The van der Waals surface area contributed by atoms with Gasteiger partial charge in [0.2, 0.25) is 0 Å². The Balaban J connectivity index is 2.26. The van der Waals surface area contributed by atoms with Crippen molar-refractivity contribution >= 4 is 23.7 Å². The van der Waals surface area contributed by atoms with Crippen LogP contribution in [0.3, 0.4) is 0 Å². The van der Waals surface area contributed by atoms with Gasteiger partial charge in [-0.1, -0.05) is 57.0 Å². The summed E-state index contributed by atoms with van der Waals surface area (Å²) in [6.45, 7) is 4.19. The van der Waals surface area contributed by atoms with Gasteiger partial charge in [0.1, 0.15) is 6.29 Å². The molecule has 0 aliphatic rings. The third-order valence-corrected chi connectivity index (χ3v) is 6.42. The van der Waals surface area contributed by atoms with Gasteiger partial charge in [-0.05, 0) is 36.5 Å². The van der Waals surface area contributed by atoms with Crippen LogP contribution in [0.25, 0.3) is 0 Å². The number of carbonyl (C=O) groups excluding carboxylic acids is 1. The number of benzene rings is 2. The van der Waals surface area contributed by atoms with Gasteiger partial charge in [-0.15, -0.1) is 11.8 Å². The van der Waals surface area contributed by atoms with Crippen LogP contribution in [-0.4, -0.2) is 17.0 Å². The molecule has 0 saturated carbocycles. The van der Waals surface area contributed by atoms with E-state index in [1.165, 1.54) is 0 Å². The van der Waals surface area contributed by atoms with Crippen LogP contribution in [0.15, 0.2) is 53.4 Å². The molecule has 0 amide bonds. The Labute approximate surface area is 165 Å². The number of nitro groups is 1. The summed E-state index contributed by atoms with van der Waals surface area (Å²) in [7, 11) is 0. The molecule has 0 heterocycles. The smallest absolute Gasteiger partial charge is 0.269 e. The van der Waals surface area contributed by atoms with Crippen LogP contribution in [0.5, 0.6) is 0 Å². The molecule has 0 aliphatic carbocycles. The summed E-state index contributed by atoms with van der Waals surface area (Å²) in [6, 6.07) is 15.0. The second kappa shape index (κ2) is 10.3. The normalized spacial score (nSPS) is 13.1. The number of nitro benzene ring substituents is 1. The molecule has 2 aromatic rings. The minimum Gasteiger partial charge on any atom is -0.303 e. The van der Waals surface area contributed by atoms with Crippen molar-refractivity contribution in [2.24, 2.45) is 5.41 Å². The Kier molecular flexibility index (Phi) is 8.04. The Morgan fingerprint density at radius 2 is 1.89 bits per heavy atom. The largest absolute Gasteiger partial charge is 0.303 e. The number of thioether (sulfide) groups is 1. The van der Waals surface area contributed by atoms with Gasteiger partial charge in [0, 0.05) is 28.2 Å². The highest BCUT2D eigenvalue weighted by Gasteiger charge is 2.27. The predicted molar refractivity (Wildman–Crippen MR) is 111 cm³/mol. The molecule has 2 aromatic carbocycles. The van der Waals surface area contributed by atoms with Crippen molar-refractivity contribution in [2.45, 2.75) is 50.8 Å². The minimum atomic E-state index is -0.355. The summed E-state index contributed by atoms with van der Waals surface area (Å²) < 4.78 is 0. The Morgan fingerprint density at radius 1 is 1.15 bits per heavy atom. The standard InChI is InChI=1S/C22H27NO3S/c1-3-5-13-22(4-2,16-24)17-27-21-12-11-20(23(25)26)15-19(21)14-18-9-7-6-8-10-18/h6-12,15-16H,3-5,13-14,17H2,1-2H3. The first-order valence-corrected chi connectivity index (χ1v) is 10.4. The van der Waals surface area contributed by atoms with Gasteiger partial charge in [-0.25, -0.2) is 0 Å². The van der Waals surface area contributed by atoms with Gasteiger partial charge < -0.3 is 4.79 Å². The van der Waals surface area contributed by atoms with Crippen molar-refractivity contribution in [3.63, 3.8) is 0 Å². The predicted octanol–water partition coefficient (Wildman–Crippen LogP) is 6.06. The lowest BCUT2D eigenvalue weighted by molar-refractivity contribution is -0.385. The fourth-order valence-corrected chi connectivity index (χ4v) is 4.39. The van der Waals surface area contributed by atoms with Crippen LogP contribution in [0.2, 0.25) is 0 Å². The average molecular weight is 386 g/mol. The number of nitrogens with zero attached hydrogens (tertiary/aromatic N) is 1. The van der Waals surface area contributed by atoms with E-state index in [1.54, 1.807) is 23.9 Å². The van der Waals surface area contributed by atoms with Crippen molar-refractivity contribution in [3.8, 4) is 0 Å². The van der Waals surface area contributed by atoms with Gasteiger partial charge in [0.15, 0.2) is 0 Å². The van der Waals surface area contributed by atoms with E-state index in [9.17, 15) is 14.9 Å². The molecular weight excluding hydrogens is 358 g/mol. The molecule has 1 unspecified atom stereocenters. The Bertz CT molecular complexity index is 763. The molecule has 0 saturated heterocycles. The lowest BCUT2D eigenvalue weighted by atomic mass is 9.84. The van der Waals surface area contributed by atoms with Crippen molar-refractivity contribution in [1.29, 1.82) is 0 Å². The maximum atomic E-state index is 11.8. The number of rotatable bonds is 11. The van der Waals surface area contributed by atoms with Gasteiger partial charge in [-0.3, -0.25) is 10.1 Å². The van der Waals surface area contributed by atoms with Crippen LogP contribution < -0.4 is 0 Å². The van der Waals surface area contributed by atoms with E-state index in [1.807, 2.05) is 36.4 Å². The summed E-state index contributed by atoms with van der Waals surface area (Å²) in [5.74, 6) is 0.701. The zero-order valence-corrected chi connectivity index (χ0v) is 16.8. The molecule has 4 nitrogen and oxygen atoms in total. The summed E-state index contributed by atoms with van der Waals surface area (Å²) in [6.07, 6.45) is 5.54. The Hall–Kier alpha value is -2.14. The summed E-state index contributed by atoms with van der Waals surface area (Å²) in [4.78, 5) is 23.7. The second-order valence-corrected chi connectivity index (χ2v) is 7.95. The number of unbranched alkanes of at least 4 members (excludes halogenated alkanes) is 1. The van der Waals surface area contributed by atoms with Gasteiger partial charge in [0.25, 0.3) is 5.69 Å². The molecule has 2 rings (SSSR count). The molecule has 27 heavy (non-hydrogen) atoms. The Morgan fingerprint density at radius 3 is 2.48 bits per heavy atom. The number of carbonyl (C=O) groups is 1. The molecule has 0 aromatic heterocycles. The molecule has 0 radical (unpaired) electrons. The molecular formula is C22H27NO3S. The first-order valence-electron chi connectivity index (χ1n) is 9.44. The summed E-state index contributed by atoms with van der Waals surface area (Å²) >= 11 is 1.64. The highest BCUT2D eigenvalue weighted by atomic mass is 32.2. The number of non-ortho nitro benzene ring substituents is 1. The molecule has 0 spiro atoms. The highest BCUT2D eigenvalue weighted by Crippen LogP contribution is 2.36. The molecule has 1 atom stereocenters. The lowest BCUT2D eigenvalue weighted by Crippen LogP contribution is -2.25. The van der Waals surface area contributed by atoms with E-state index < -0.39 is 0 Å². The SMILES string of the molecule is CCCCC(C=O)(CC)CSc1ccc([N+](=O)[O-])cc1Cc1ccccc1. The van der Waals surface area contributed by atoms with Crippen LogP contribution in [0.4, 0.5) is 5.69 Å². The minimum absolute atomic E-state index is 0.105. The van der Waals surface area contributed by atoms with E-state index in [0.29, 0.717) is 12.2 Å². The van der Waals surface area contributed by atoms with E-state index >= 15 is 0 Å². The van der Waals surface area contributed by atoms with Crippen LogP contribution in [0.1, 0.15) is 50.7 Å². The maximum absolute atomic E-state index is 11.8. The molecule has 0 aliphatic heterocycles. The third-order valence-electron chi connectivity index (χ3n) is 4.99. The highest BCUT2D eigenvalue weighted by molar-refractivity contribution is 7.99. The summed E-state index contributed by atoms with van der Waals surface area (Å²) in [5, 5.41) is 11.2. The quantitative estimate of drug-likeness (QED) is 0.204. The van der Waals surface area contributed by atoms with Crippen LogP contribution >= 0.6 is 11.8 Å². The van der Waals surface area contributed by atoms with E-state index in [-0.39, 0.29) is 16.0 Å². The fourth-order valence-electron chi connectivity index (χ4n) is 3.05. The maximum Gasteiger partial charge on any atom is 0.269 e. The number of hydrogen-bond donors (Lipinski definition) is 0. The van der Waals surface area contributed by atoms with E-state index in [2.05, 4.69) is 13.8 Å². The number of aldehydes is 1. The van der Waals surface area contributed by atoms with Gasteiger partial charge >= 0.3 is 0 Å². The monoisotopic (exact) mass is 385 g/mol. The lowest BCUT2D eigenvalue weighted by Gasteiger charge is -2.26. The zero-order chi connectivity index (χ0) is 19.7. The average Bonchev–Trinajstić information content (AvgIpc) is 2.70. The van der Waals surface area contributed by atoms with E-state index in [4.69, 9.17) is 0 Å². The third kappa shape index (κ3) is 5.93. The number of hydrogen-bond acceptors (Lipinski definition) is 4. The van der Waals surface area contributed by atoms with Crippen molar-refractivity contribution in [2.75, 3.05) is 5.75 Å². The molecule has 0 N–H and O–H groups in total. The molecule has 0 bridgehead atoms. The van der Waals surface area contributed by atoms with Crippen molar-refractivity contribution < 1.29 is 9.72 Å². The van der Waals surface area contributed by atoms with Crippen molar-refractivity contribution in [3.05, 3.63) is 69.8 Å². The van der Waals surface area contributed by atoms with Crippen molar-refractivity contribution in [1.82, 2.24) is 0 Å². The van der Waals surface area contributed by atoms with Gasteiger partial charge in [0.05, 0.1) is 4.92 Å². The molecule has 5 heteroatoms. The van der Waals surface area contributed by atoms with E-state index in [0.717, 1.165) is 48.0 Å².